The third-order valence-electron chi connectivity index (χ3n) is 3.35. The molecule has 2 aromatic rings. The van der Waals surface area contributed by atoms with E-state index in [0.29, 0.717) is 0 Å². The molecule has 1 atom stereocenters. The molecule has 4 nitrogen and oxygen atoms in total. The molecule has 0 radical (unpaired) electrons. The molecule has 0 aromatic carbocycles. The monoisotopic (exact) mass is 342 g/mol. The number of nitrogens with zero attached hydrogens (tertiary/aromatic N) is 3. The summed E-state index contributed by atoms with van der Waals surface area (Å²) in [5.74, 6) is 0. The van der Waals surface area contributed by atoms with Gasteiger partial charge in [-0.05, 0) is 36.3 Å². The molecule has 0 fully saturated rings. The van der Waals surface area contributed by atoms with Crippen LogP contribution in [0.3, 0.4) is 0 Å². The smallest absolute Gasteiger partial charge is 0.0798 e. The van der Waals surface area contributed by atoms with Crippen molar-refractivity contribution < 1.29 is 0 Å². The zero-order chi connectivity index (χ0) is 14.0. The van der Waals surface area contributed by atoms with Gasteiger partial charge in [0.2, 0.25) is 0 Å². The predicted octanol–water partition coefficient (Wildman–Crippen LogP) is 3.01. The molecule has 6 heteroatoms. The van der Waals surface area contributed by atoms with Gasteiger partial charge in [0.05, 0.1) is 27.1 Å². The van der Waals surface area contributed by atoms with Crippen LogP contribution < -0.4 is 5.32 Å². The van der Waals surface area contributed by atoms with Crippen LogP contribution in [0.25, 0.3) is 0 Å². The van der Waals surface area contributed by atoms with E-state index >= 15 is 0 Å². The Labute approximate surface area is 126 Å². The molecule has 0 aliphatic rings. The first kappa shape index (κ1) is 14.7. The molecule has 19 heavy (non-hydrogen) atoms. The van der Waals surface area contributed by atoms with Crippen molar-refractivity contribution >= 4 is 27.3 Å². The Kier molecular flexibility index (Phi) is 4.76. The molecular weight excluding hydrogens is 324 g/mol. The molecule has 0 aliphatic carbocycles. The molecule has 0 spiro atoms. The number of thiazole rings is 1. The summed E-state index contributed by atoms with van der Waals surface area (Å²) in [5.41, 5.74) is 5.36. The van der Waals surface area contributed by atoms with Gasteiger partial charge in [0, 0.05) is 24.4 Å². The second-order valence-corrected chi connectivity index (χ2v) is 6.21. The SMILES string of the molecule is CCc1nn(C)c(CC(NC)c2scnc2C)c1Br. The Bertz CT molecular complexity index is 561. The average Bonchev–Trinajstić information content (AvgIpc) is 2.93. The maximum Gasteiger partial charge on any atom is 0.0798 e. The van der Waals surface area contributed by atoms with E-state index in [1.807, 2.05) is 24.3 Å². The van der Waals surface area contributed by atoms with Crippen molar-refractivity contribution in [2.75, 3.05) is 7.05 Å². The molecule has 1 N–H and O–H groups in total. The van der Waals surface area contributed by atoms with Gasteiger partial charge in [-0.3, -0.25) is 4.68 Å². The van der Waals surface area contributed by atoms with Crippen LogP contribution in [-0.2, 0) is 19.9 Å². The Morgan fingerprint density at radius 3 is 2.74 bits per heavy atom. The second kappa shape index (κ2) is 6.15. The predicted molar refractivity (Wildman–Crippen MR) is 82.6 cm³/mol. The molecule has 2 heterocycles. The van der Waals surface area contributed by atoms with Gasteiger partial charge in [-0.2, -0.15) is 5.10 Å². The first-order valence-corrected chi connectivity index (χ1v) is 8.03. The molecule has 2 rings (SSSR count). The number of nitrogens with one attached hydrogen (secondary N) is 1. The lowest BCUT2D eigenvalue weighted by atomic mass is 10.1. The van der Waals surface area contributed by atoms with Gasteiger partial charge in [0.1, 0.15) is 0 Å². The van der Waals surface area contributed by atoms with Crippen molar-refractivity contribution in [3.63, 3.8) is 0 Å². The van der Waals surface area contributed by atoms with E-state index < -0.39 is 0 Å². The van der Waals surface area contributed by atoms with Crippen molar-refractivity contribution in [2.45, 2.75) is 32.7 Å². The van der Waals surface area contributed by atoms with E-state index in [9.17, 15) is 0 Å². The molecule has 1 unspecified atom stereocenters. The largest absolute Gasteiger partial charge is 0.312 e. The summed E-state index contributed by atoms with van der Waals surface area (Å²) in [6.07, 6.45) is 1.85. The van der Waals surface area contributed by atoms with Gasteiger partial charge in [-0.25, -0.2) is 4.98 Å². The highest BCUT2D eigenvalue weighted by molar-refractivity contribution is 9.10. The highest BCUT2D eigenvalue weighted by Gasteiger charge is 2.20. The van der Waals surface area contributed by atoms with Gasteiger partial charge in [-0.1, -0.05) is 6.92 Å². The lowest BCUT2D eigenvalue weighted by Gasteiger charge is -2.15. The number of aryl methyl sites for hydroxylation is 3. The van der Waals surface area contributed by atoms with E-state index in [1.54, 1.807) is 11.3 Å². The molecule has 2 aromatic heterocycles. The van der Waals surface area contributed by atoms with E-state index in [4.69, 9.17) is 0 Å². The minimum atomic E-state index is 0.281. The van der Waals surface area contributed by atoms with Crippen molar-refractivity contribution in [2.24, 2.45) is 7.05 Å². The molecule has 0 saturated heterocycles. The van der Waals surface area contributed by atoms with Crippen LogP contribution in [-0.4, -0.2) is 21.8 Å². The summed E-state index contributed by atoms with van der Waals surface area (Å²) < 4.78 is 3.11. The summed E-state index contributed by atoms with van der Waals surface area (Å²) in [6, 6.07) is 0.281. The van der Waals surface area contributed by atoms with Gasteiger partial charge in [0.15, 0.2) is 0 Å². The van der Waals surface area contributed by atoms with Crippen molar-refractivity contribution in [3.8, 4) is 0 Å². The molecule has 104 valence electrons. The Balaban J connectivity index is 2.29. The average molecular weight is 343 g/mol. The molecular formula is C13H19BrN4S. The number of hydrogen-bond donors (Lipinski definition) is 1. The zero-order valence-corrected chi connectivity index (χ0v) is 14.1. The molecule has 0 aliphatic heterocycles. The second-order valence-electron chi connectivity index (χ2n) is 4.53. The lowest BCUT2D eigenvalue weighted by molar-refractivity contribution is 0.564. The van der Waals surface area contributed by atoms with Crippen LogP contribution in [0, 0.1) is 6.92 Å². The third kappa shape index (κ3) is 2.90. The van der Waals surface area contributed by atoms with E-state index in [2.05, 4.69) is 45.2 Å². The van der Waals surface area contributed by atoms with Crippen molar-refractivity contribution in [3.05, 3.63) is 31.9 Å². The summed E-state index contributed by atoms with van der Waals surface area (Å²) in [7, 11) is 4.00. The van der Waals surface area contributed by atoms with Crippen LogP contribution in [0.1, 0.15) is 34.9 Å². The normalized spacial score (nSPS) is 12.9. The van der Waals surface area contributed by atoms with Gasteiger partial charge < -0.3 is 5.32 Å². The maximum absolute atomic E-state index is 4.55. The van der Waals surface area contributed by atoms with Gasteiger partial charge >= 0.3 is 0 Å². The zero-order valence-electron chi connectivity index (χ0n) is 11.7. The van der Waals surface area contributed by atoms with Gasteiger partial charge in [0.25, 0.3) is 0 Å². The van der Waals surface area contributed by atoms with E-state index in [1.165, 1.54) is 10.6 Å². The fraction of sp³-hybridized carbons (Fsp3) is 0.538. The number of likely N-dealkylation sites (N-methyl/N-ethyl adjacent to an activating group) is 1. The molecule has 0 bridgehead atoms. The highest BCUT2D eigenvalue weighted by atomic mass is 79.9. The lowest BCUT2D eigenvalue weighted by Crippen LogP contribution is -2.20. The van der Waals surface area contributed by atoms with Crippen LogP contribution in [0.4, 0.5) is 0 Å². The Hall–Kier alpha value is -0.720. The standard InChI is InChI=1S/C13H19BrN4S/c1-5-9-12(14)11(18(4)17-9)6-10(15-3)13-8(2)16-7-19-13/h7,10,15H,5-6H2,1-4H3. The number of hydrogen-bond acceptors (Lipinski definition) is 4. The fourth-order valence-electron chi connectivity index (χ4n) is 2.21. The Morgan fingerprint density at radius 1 is 1.53 bits per heavy atom. The minimum Gasteiger partial charge on any atom is -0.312 e. The van der Waals surface area contributed by atoms with Crippen molar-refractivity contribution in [1.82, 2.24) is 20.1 Å². The van der Waals surface area contributed by atoms with E-state index in [-0.39, 0.29) is 6.04 Å². The number of rotatable bonds is 5. The van der Waals surface area contributed by atoms with E-state index in [0.717, 1.165) is 28.7 Å². The van der Waals surface area contributed by atoms with Crippen LogP contribution in [0.15, 0.2) is 9.98 Å². The minimum absolute atomic E-state index is 0.281. The fourth-order valence-corrected chi connectivity index (χ4v) is 3.90. The first-order valence-electron chi connectivity index (χ1n) is 6.35. The third-order valence-corrected chi connectivity index (χ3v) is 5.31. The summed E-state index contributed by atoms with van der Waals surface area (Å²) in [5, 5.41) is 7.93. The summed E-state index contributed by atoms with van der Waals surface area (Å²) in [4.78, 5) is 5.64. The Morgan fingerprint density at radius 2 is 2.26 bits per heavy atom. The number of aromatic nitrogens is 3. The van der Waals surface area contributed by atoms with Crippen LogP contribution in [0.2, 0.25) is 0 Å². The molecule has 0 saturated carbocycles. The number of halogens is 1. The van der Waals surface area contributed by atoms with Crippen LogP contribution >= 0.6 is 27.3 Å². The summed E-state index contributed by atoms with van der Waals surface area (Å²) in [6.45, 7) is 4.19. The molecule has 0 amide bonds. The quantitative estimate of drug-likeness (QED) is 0.908. The van der Waals surface area contributed by atoms with Crippen molar-refractivity contribution in [1.29, 1.82) is 0 Å². The first-order chi connectivity index (χ1) is 9.08. The van der Waals surface area contributed by atoms with Crippen LogP contribution in [0.5, 0.6) is 0 Å². The van der Waals surface area contributed by atoms with Gasteiger partial charge in [-0.15, -0.1) is 11.3 Å². The summed E-state index contributed by atoms with van der Waals surface area (Å²) >= 11 is 5.39. The maximum atomic E-state index is 4.55. The topological polar surface area (TPSA) is 42.7 Å². The highest BCUT2D eigenvalue weighted by Crippen LogP contribution is 2.29.